The molecule has 0 unspecified atom stereocenters. The van der Waals surface area contributed by atoms with Gasteiger partial charge in [-0.1, -0.05) is 49.7 Å². The number of nitrogens with zero attached hydrogens (tertiary/aromatic N) is 2. The maximum atomic E-state index is 12.3. The van der Waals surface area contributed by atoms with Gasteiger partial charge >= 0.3 is 0 Å². The molecule has 0 spiro atoms. The molecule has 0 atom stereocenters. The Labute approximate surface area is 155 Å². The highest BCUT2D eigenvalue weighted by molar-refractivity contribution is 5.92. The number of rotatable bonds is 10. The van der Waals surface area contributed by atoms with Crippen LogP contribution in [0.4, 0.5) is 0 Å². The standard InChI is InChI=1S/C21H29N3O2/c1-3-5-11-24(4-2)15-17-8-6-7-16(12-17)14-22-21(25)19-13-20(26-23-19)18-9-10-18/h6-8,12-13,18H,3-5,9-11,14-15H2,1-2H3,(H,22,25). The first-order valence-corrected chi connectivity index (χ1v) is 9.74. The summed E-state index contributed by atoms with van der Waals surface area (Å²) < 4.78 is 5.25. The van der Waals surface area contributed by atoms with Crippen molar-refractivity contribution in [3.63, 3.8) is 0 Å². The van der Waals surface area contributed by atoms with Crippen molar-refractivity contribution < 1.29 is 9.32 Å². The van der Waals surface area contributed by atoms with Crippen LogP contribution in [0.25, 0.3) is 0 Å². The molecule has 0 radical (unpaired) electrons. The van der Waals surface area contributed by atoms with Crippen molar-refractivity contribution in [2.24, 2.45) is 0 Å². The molecule has 1 amide bonds. The summed E-state index contributed by atoms with van der Waals surface area (Å²) in [6.45, 7) is 8.05. The minimum Gasteiger partial charge on any atom is -0.360 e. The number of carbonyl (C=O) groups excluding carboxylic acids is 1. The van der Waals surface area contributed by atoms with Crippen LogP contribution in [0.5, 0.6) is 0 Å². The highest BCUT2D eigenvalue weighted by atomic mass is 16.5. The second kappa shape index (κ2) is 8.99. The molecule has 3 rings (SSSR count). The van der Waals surface area contributed by atoms with Crippen LogP contribution < -0.4 is 5.32 Å². The fourth-order valence-electron chi connectivity index (χ4n) is 3.06. The van der Waals surface area contributed by atoms with Crippen LogP contribution in [-0.4, -0.2) is 29.1 Å². The maximum Gasteiger partial charge on any atom is 0.273 e. The van der Waals surface area contributed by atoms with Gasteiger partial charge in [0.1, 0.15) is 5.76 Å². The van der Waals surface area contributed by atoms with Crippen molar-refractivity contribution in [1.29, 1.82) is 0 Å². The largest absolute Gasteiger partial charge is 0.360 e. The number of unbranched alkanes of at least 4 members (excludes halogenated alkanes) is 1. The molecule has 1 heterocycles. The first-order chi connectivity index (χ1) is 12.7. The van der Waals surface area contributed by atoms with Gasteiger partial charge in [-0.25, -0.2) is 0 Å². The highest BCUT2D eigenvalue weighted by Crippen LogP contribution is 2.40. The molecule has 5 nitrogen and oxygen atoms in total. The van der Waals surface area contributed by atoms with Crippen LogP contribution in [-0.2, 0) is 13.1 Å². The Bertz CT molecular complexity index is 722. The Morgan fingerprint density at radius 2 is 2.08 bits per heavy atom. The molecular weight excluding hydrogens is 326 g/mol. The SMILES string of the molecule is CCCCN(CC)Cc1cccc(CNC(=O)c2cc(C3CC3)on2)c1. The van der Waals surface area contributed by atoms with Crippen LogP contribution in [0.15, 0.2) is 34.9 Å². The third-order valence-corrected chi connectivity index (χ3v) is 4.87. The molecule has 5 heteroatoms. The van der Waals surface area contributed by atoms with Crippen LogP contribution in [0.2, 0.25) is 0 Å². The van der Waals surface area contributed by atoms with E-state index in [1.54, 1.807) is 6.07 Å². The summed E-state index contributed by atoms with van der Waals surface area (Å²) in [6.07, 6.45) is 4.71. The topological polar surface area (TPSA) is 58.4 Å². The van der Waals surface area contributed by atoms with Gasteiger partial charge in [-0.15, -0.1) is 0 Å². The quantitative estimate of drug-likeness (QED) is 0.697. The van der Waals surface area contributed by atoms with Crippen molar-refractivity contribution >= 4 is 5.91 Å². The Morgan fingerprint density at radius 3 is 2.81 bits per heavy atom. The van der Waals surface area contributed by atoms with Gasteiger partial charge in [0.2, 0.25) is 0 Å². The zero-order valence-corrected chi connectivity index (χ0v) is 15.8. The Kier molecular flexibility index (Phi) is 6.45. The van der Waals surface area contributed by atoms with E-state index in [1.807, 2.05) is 6.07 Å². The van der Waals surface area contributed by atoms with Gasteiger partial charge in [-0.3, -0.25) is 9.69 Å². The minimum atomic E-state index is -0.177. The minimum absolute atomic E-state index is 0.177. The molecule has 26 heavy (non-hydrogen) atoms. The van der Waals surface area contributed by atoms with Crippen LogP contribution in [0.3, 0.4) is 0 Å². The molecule has 1 aliphatic carbocycles. The Hall–Kier alpha value is -2.14. The van der Waals surface area contributed by atoms with Gasteiger partial charge in [0, 0.05) is 25.1 Å². The van der Waals surface area contributed by atoms with Crippen LogP contribution >= 0.6 is 0 Å². The summed E-state index contributed by atoms with van der Waals surface area (Å²) in [5.41, 5.74) is 2.76. The molecule has 0 aliphatic heterocycles. The molecule has 140 valence electrons. The monoisotopic (exact) mass is 355 g/mol. The Morgan fingerprint density at radius 1 is 1.27 bits per heavy atom. The van der Waals surface area contributed by atoms with E-state index in [0.29, 0.717) is 18.2 Å². The average molecular weight is 355 g/mol. The highest BCUT2D eigenvalue weighted by Gasteiger charge is 2.28. The van der Waals surface area contributed by atoms with Crippen molar-refractivity contribution in [2.75, 3.05) is 13.1 Å². The summed E-state index contributed by atoms with van der Waals surface area (Å²) in [6, 6.07) is 10.2. The number of carbonyl (C=O) groups is 1. The van der Waals surface area contributed by atoms with E-state index in [1.165, 1.54) is 18.4 Å². The predicted molar refractivity (Wildman–Crippen MR) is 102 cm³/mol. The molecule has 0 bridgehead atoms. The summed E-state index contributed by atoms with van der Waals surface area (Å²) in [7, 11) is 0. The van der Waals surface area contributed by atoms with Gasteiger partial charge in [-0.2, -0.15) is 0 Å². The smallest absolute Gasteiger partial charge is 0.273 e. The van der Waals surface area contributed by atoms with Crippen LogP contribution in [0.1, 0.15) is 72.8 Å². The van der Waals surface area contributed by atoms with Crippen molar-refractivity contribution in [3.8, 4) is 0 Å². The lowest BCUT2D eigenvalue weighted by atomic mass is 10.1. The lowest BCUT2D eigenvalue weighted by molar-refractivity contribution is 0.0941. The molecule has 1 aromatic heterocycles. The third kappa shape index (κ3) is 5.18. The van der Waals surface area contributed by atoms with Crippen LogP contribution in [0, 0.1) is 0 Å². The summed E-state index contributed by atoms with van der Waals surface area (Å²) in [5.74, 6) is 1.13. The molecule has 1 aliphatic rings. The molecule has 1 aromatic carbocycles. The zero-order chi connectivity index (χ0) is 18.4. The molecular formula is C21H29N3O2. The molecule has 1 saturated carbocycles. The van der Waals surface area contributed by atoms with E-state index < -0.39 is 0 Å². The van der Waals surface area contributed by atoms with E-state index in [2.05, 4.69) is 47.4 Å². The van der Waals surface area contributed by atoms with Gasteiger partial charge in [0.05, 0.1) is 0 Å². The summed E-state index contributed by atoms with van der Waals surface area (Å²) in [4.78, 5) is 14.7. The van der Waals surface area contributed by atoms with Crippen molar-refractivity contribution in [3.05, 3.63) is 52.9 Å². The van der Waals surface area contributed by atoms with Gasteiger partial charge in [-0.05, 0) is 43.5 Å². The summed E-state index contributed by atoms with van der Waals surface area (Å²) >= 11 is 0. The lowest BCUT2D eigenvalue weighted by Crippen LogP contribution is -2.25. The van der Waals surface area contributed by atoms with E-state index in [4.69, 9.17) is 4.52 Å². The Balaban J connectivity index is 1.53. The number of aromatic nitrogens is 1. The zero-order valence-electron chi connectivity index (χ0n) is 15.8. The lowest BCUT2D eigenvalue weighted by Gasteiger charge is -2.20. The summed E-state index contributed by atoms with van der Waals surface area (Å²) in [5, 5.41) is 6.83. The van der Waals surface area contributed by atoms with Crippen molar-refractivity contribution in [1.82, 2.24) is 15.4 Å². The molecule has 1 N–H and O–H groups in total. The van der Waals surface area contributed by atoms with Gasteiger partial charge < -0.3 is 9.84 Å². The van der Waals surface area contributed by atoms with Gasteiger partial charge in [0.15, 0.2) is 5.69 Å². The fraction of sp³-hybridized carbons (Fsp3) is 0.524. The predicted octanol–water partition coefficient (Wildman–Crippen LogP) is 4.10. The van der Waals surface area contributed by atoms with E-state index >= 15 is 0 Å². The number of nitrogens with one attached hydrogen (secondary N) is 1. The van der Waals surface area contributed by atoms with E-state index in [-0.39, 0.29) is 5.91 Å². The van der Waals surface area contributed by atoms with E-state index in [9.17, 15) is 4.79 Å². The fourth-order valence-corrected chi connectivity index (χ4v) is 3.06. The third-order valence-electron chi connectivity index (χ3n) is 4.87. The maximum absolute atomic E-state index is 12.3. The van der Waals surface area contributed by atoms with E-state index in [0.717, 1.165) is 43.8 Å². The first-order valence-electron chi connectivity index (χ1n) is 9.74. The molecule has 0 saturated heterocycles. The number of hydrogen-bond donors (Lipinski definition) is 1. The molecule has 2 aromatic rings. The van der Waals surface area contributed by atoms with Gasteiger partial charge in [0.25, 0.3) is 5.91 Å². The molecule has 1 fully saturated rings. The normalized spacial score (nSPS) is 14.0. The number of benzene rings is 1. The van der Waals surface area contributed by atoms with Crippen molar-refractivity contribution in [2.45, 2.75) is 58.5 Å². The second-order valence-corrected chi connectivity index (χ2v) is 7.11. The second-order valence-electron chi connectivity index (χ2n) is 7.11. The average Bonchev–Trinajstić information content (AvgIpc) is 3.40. The number of hydrogen-bond acceptors (Lipinski definition) is 4. The number of amides is 1. The first kappa shape index (κ1) is 18.6.